The number of aromatic nitrogens is 1. The van der Waals surface area contributed by atoms with Gasteiger partial charge in [0.15, 0.2) is 0 Å². The minimum Gasteiger partial charge on any atom is -0.496 e. The average Bonchev–Trinajstić information content (AvgIpc) is 3.01. The molecule has 1 aromatic heterocycles. The molecule has 0 fully saturated rings. The number of aryl methyl sites for hydroxylation is 1. The van der Waals surface area contributed by atoms with Gasteiger partial charge in [0, 0.05) is 39.6 Å². The molecule has 0 bridgehead atoms. The summed E-state index contributed by atoms with van der Waals surface area (Å²) in [7, 11) is 1.62. The Morgan fingerprint density at radius 2 is 1.70 bits per heavy atom. The van der Waals surface area contributed by atoms with Gasteiger partial charge in [-0.2, -0.15) is 0 Å². The maximum Gasteiger partial charge on any atom is 0.228 e. The van der Waals surface area contributed by atoms with Crippen LogP contribution in [0.5, 0.6) is 5.75 Å². The topological polar surface area (TPSA) is 43.3 Å². The predicted octanol–water partition coefficient (Wildman–Crippen LogP) is 5.00. The van der Waals surface area contributed by atoms with E-state index in [1.165, 1.54) is 16.4 Å². The highest BCUT2D eigenvalue weighted by Crippen LogP contribution is 2.31. The summed E-state index contributed by atoms with van der Waals surface area (Å²) in [5, 5.41) is 5.38. The van der Waals surface area contributed by atoms with E-state index in [9.17, 15) is 4.79 Å². The van der Waals surface area contributed by atoms with Gasteiger partial charge in [-0.25, -0.2) is 0 Å². The highest BCUT2D eigenvalue weighted by atomic mass is 16.5. The molecule has 1 amide bonds. The lowest BCUT2D eigenvalue weighted by Gasteiger charge is -2.09. The number of ether oxygens (including phenoxy) is 1. The Morgan fingerprint density at radius 1 is 0.963 bits per heavy atom. The fourth-order valence-electron chi connectivity index (χ4n) is 3.70. The summed E-state index contributed by atoms with van der Waals surface area (Å²) in [6, 6.07) is 22.1. The van der Waals surface area contributed by atoms with Crippen LogP contribution in [0.1, 0.15) is 12.5 Å². The number of anilines is 1. The number of fused-ring (bicyclic) bond motifs is 3. The summed E-state index contributed by atoms with van der Waals surface area (Å²) in [4.78, 5) is 12.5. The number of rotatable bonds is 5. The fourth-order valence-corrected chi connectivity index (χ4v) is 3.70. The van der Waals surface area contributed by atoms with Crippen molar-refractivity contribution in [1.29, 1.82) is 0 Å². The smallest absolute Gasteiger partial charge is 0.228 e. The van der Waals surface area contributed by atoms with E-state index < -0.39 is 0 Å². The van der Waals surface area contributed by atoms with Crippen LogP contribution in [0, 0.1) is 0 Å². The zero-order valence-electron chi connectivity index (χ0n) is 15.5. The minimum absolute atomic E-state index is 0.0573. The third-order valence-corrected chi connectivity index (χ3v) is 4.92. The molecule has 0 aliphatic carbocycles. The Bertz CT molecular complexity index is 1130. The summed E-state index contributed by atoms with van der Waals surface area (Å²) in [5.41, 5.74) is 4.08. The molecule has 4 heteroatoms. The molecular weight excluding hydrogens is 336 g/mol. The van der Waals surface area contributed by atoms with Crippen LogP contribution in [0.2, 0.25) is 0 Å². The molecule has 4 aromatic rings. The lowest BCUT2D eigenvalue weighted by atomic mass is 10.1. The number of amides is 1. The second-order valence-electron chi connectivity index (χ2n) is 6.53. The highest BCUT2D eigenvalue weighted by molar-refractivity contribution is 6.09. The first-order valence-electron chi connectivity index (χ1n) is 9.14. The first-order valence-corrected chi connectivity index (χ1v) is 9.14. The largest absolute Gasteiger partial charge is 0.496 e. The molecule has 27 heavy (non-hydrogen) atoms. The molecule has 4 nitrogen and oxygen atoms in total. The number of hydrogen-bond acceptors (Lipinski definition) is 2. The Balaban J connectivity index is 1.64. The van der Waals surface area contributed by atoms with Gasteiger partial charge in [0.05, 0.1) is 13.5 Å². The van der Waals surface area contributed by atoms with Gasteiger partial charge in [-0.05, 0) is 37.3 Å². The van der Waals surface area contributed by atoms with E-state index in [0.29, 0.717) is 0 Å². The molecular formula is C23H22N2O2. The second-order valence-corrected chi connectivity index (χ2v) is 6.53. The first kappa shape index (κ1) is 17.2. The molecule has 0 aliphatic heterocycles. The molecule has 1 heterocycles. The molecule has 3 aromatic carbocycles. The molecule has 1 N–H and O–H groups in total. The van der Waals surface area contributed by atoms with Crippen LogP contribution in [-0.4, -0.2) is 17.6 Å². The minimum atomic E-state index is -0.0573. The van der Waals surface area contributed by atoms with Crippen molar-refractivity contribution in [2.75, 3.05) is 12.4 Å². The summed E-state index contributed by atoms with van der Waals surface area (Å²) in [6.45, 7) is 3.05. The molecule has 0 atom stereocenters. The molecule has 0 saturated carbocycles. The SMILES string of the molecule is CCn1c2ccccc2c2cc(NC(=O)Cc3ccccc3OC)ccc21. The van der Waals surface area contributed by atoms with Gasteiger partial charge in [-0.15, -0.1) is 0 Å². The van der Waals surface area contributed by atoms with Crippen molar-refractivity contribution in [1.82, 2.24) is 4.57 Å². The van der Waals surface area contributed by atoms with Crippen LogP contribution in [-0.2, 0) is 17.8 Å². The lowest BCUT2D eigenvalue weighted by Crippen LogP contribution is -2.14. The number of benzene rings is 3. The van der Waals surface area contributed by atoms with E-state index in [1.807, 2.05) is 30.3 Å². The number of hydrogen-bond donors (Lipinski definition) is 1. The highest BCUT2D eigenvalue weighted by Gasteiger charge is 2.12. The average molecular weight is 358 g/mol. The van der Waals surface area contributed by atoms with Crippen molar-refractivity contribution < 1.29 is 9.53 Å². The number of nitrogens with zero attached hydrogens (tertiary/aromatic N) is 1. The van der Waals surface area contributed by atoms with E-state index >= 15 is 0 Å². The van der Waals surface area contributed by atoms with Crippen molar-refractivity contribution in [3.05, 3.63) is 72.3 Å². The quantitative estimate of drug-likeness (QED) is 0.545. The van der Waals surface area contributed by atoms with Gasteiger partial charge in [0.25, 0.3) is 0 Å². The molecule has 0 spiro atoms. The van der Waals surface area contributed by atoms with Crippen LogP contribution in [0.4, 0.5) is 5.69 Å². The number of carbonyl (C=O) groups excluding carboxylic acids is 1. The zero-order chi connectivity index (χ0) is 18.8. The first-order chi connectivity index (χ1) is 13.2. The maximum absolute atomic E-state index is 12.5. The van der Waals surface area contributed by atoms with E-state index in [1.54, 1.807) is 7.11 Å². The molecule has 136 valence electrons. The zero-order valence-corrected chi connectivity index (χ0v) is 15.5. The number of carbonyl (C=O) groups is 1. The summed E-state index contributed by atoms with van der Waals surface area (Å²) in [6.07, 6.45) is 0.277. The monoisotopic (exact) mass is 358 g/mol. The Labute approximate surface area is 158 Å². The van der Waals surface area contributed by atoms with E-state index in [4.69, 9.17) is 4.74 Å². The van der Waals surface area contributed by atoms with Gasteiger partial charge in [-0.3, -0.25) is 4.79 Å². The van der Waals surface area contributed by atoms with Gasteiger partial charge < -0.3 is 14.6 Å². The Hall–Kier alpha value is -3.27. The van der Waals surface area contributed by atoms with E-state index in [-0.39, 0.29) is 12.3 Å². The third-order valence-electron chi connectivity index (χ3n) is 4.92. The van der Waals surface area contributed by atoms with Crippen LogP contribution in [0.15, 0.2) is 66.7 Å². The molecule has 4 rings (SSSR count). The number of methoxy groups -OCH3 is 1. The van der Waals surface area contributed by atoms with Crippen LogP contribution >= 0.6 is 0 Å². The lowest BCUT2D eigenvalue weighted by molar-refractivity contribution is -0.115. The maximum atomic E-state index is 12.5. The Morgan fingerprint density at radius 3 is 2.52 bits per heavy atom. The van der Waals surface area contributed by atoms with Gasteiger partial charge in [-0.1, -0.05) is 36.4 Å². The van der Waals surface area contributed by atoms with Crippen molar-refractivity contribution in [2.24, 2.45) is 0 Å². The third kappa shape index (κ3) is 3.14. The number of para-hydroxylation sites is 2. The normalized spacial score (nSPS) is 11.0. The van der Waals surface area contributed by atoms with Gasteiger partial charge in [0.2, 0.25) is 5.91 Å². The Kier molecular flexibility index (Phi) is 4.55. The summed E-state index contributed by atoms with van der Waals surface area (Å²) in [5.74, 6) is 0.673. The summed E-state index contributed by atoms with van der Waals surface area (Å²) >= 11 is 0. The molecule has 0 unspecified atom stereocenters. The second kappa shape index (κ2) is 7.16. The van der Waals surface area contributed by atoms with Crippen LogP contribution in [0.25, 0.3) is 21.8 Å². The fraction of sp³-hybridized carbons (Fsp3) is 0.174. The van der Waals surface area contributed by atoms with Crippen molar-refractivity contribution in [3.63, 3.8) is 0 Å². The standard InChI is InChI=1S/C23H22N2O2/c1-3-25-20-10-6-5-9-18(20)19-15-17(12-13-21(19)25)24-23(26)14-16-8-4-7-11-22(16)27-2/h4-13,15H,3,14H2,1-2H3,(H,24,26). The van der Waals surface area contributed by atoms with E-state index in [0.717, 1.165) is 28.9 Å². The van der Waals surface area contributed by atoms with Gasteiger partial charge in [0.1, 0.15) is 5.75 Å². The van der Waals surface area contributed by atoms with Crippen molar-refractivity contribution in [2.45, 2.75) is 19.9 Å². The summed E-state index contributed by atoms with van der Waals surface area (Å²) < 4.78 is 7.63. The number of nitrogens with one attached hydrogen (secondary N) is 1. The van der Waals surface area contributed by atoms with Crippen LogP contribution < -0.4 is 10.1 Å². The van der Waals surface area contributed by atoms with Crippen molar-refractivity contribution >= 4 is 33.4 Å². The predicted molar refractivity (Wildman–Crippen MR) is 110 cm³/mol. The molecule has 0 aliphatic rings. The molecule has 0 saturated heterocycles. The van der Waals surface area contributed by atoms with Crippen LogP contribution in [0.3, 0.4) is 0 Å². The molecule has 0 radical (unpaired) electrons. The van der Waals surface area contributed by atoms with Gasteiger partial charge >= 0.3 is 0 Å². The van der Waals surface area contributed by atoms with Crippen molar-refractivity contribution in [3.8, 4) is 5.75 Å². The van der Waals surface area contributed by atoms with E-state index in [2.05, 4.69) is 53.2 Å².